The molecule has 304 valence electrons. The van der Waals surface area contributed by atoms with Crippen LogP contribution in [0.3, 0.4) is 0 Å². The van der Waals surface area contributed by atoms with Gasteiger partial charge in [0.1, 0.15) is 0 Å². The van der Waals surface area contributed by atoms with Crippen molar-refractivity contribution in [3.05, 3.63) is 251 Å². The Morgan fingerprint density at radius 1 is 0.444 bits per heavy atom. The molecule has 1 aromatic heterocycles. The average molecular weight is 811 g/mol. The number of aryl methyl sites for hydroxylation is 3. The van der Waals surface area contributed by atoms with Gasteiger partial charge < -0.3 is 9.47 Å². The Morgan fingerprint density at radius 3 is 1.68 bits per heavy atom. The lowest BCUT2D eigenvalue weighted by molar-refractivity contribution is 0.768. The van der Waals surface area contributed by atoms with Crippen LogP contribution in [-0.2, 0) is 11.8 Å². The van der Waals surface area contributed by atoms with Gasteiger partial charge in [0.2, 0.25) is 0 Å². The molecule has 2 nitrogen and oxygen atoms in total. The van der Waals surface area contributed by atoms with E-state index in [-0.39, 0.29) is 0 Å². The van der Waals surface area contributed by atoms with Gasteiger partial charge in [-0.3, -0.25) is 0 Å². The molecule has 0 unspecified atom stereocenters. The molecule has 0 spiro atoms. The number of hydrogen-bond donors (Lipinski definition) is 0. The minimum Gasteiger partial charge on any atom is -0.310 e. The lowest BCUT2D eigenvalue weighted by Gasteiger charge is -2.34. The number of fused-ring (bicyclic) bond motifs is 6. The van der Waals surface area contributed by atoms with Crippen LogP contribution >= 0.6 is 0 Å². The van der Waals surface area contributed by atoms with Gasteiger partial charge in [-0.1, -0.05) is 171 Å². The zero-order valence-corrected chi connectivity index (χ0v) is 36.2. The first-order valence-corrected chi connectivity index (χ1v) is 22.5. The van der Waals surface area contributed by atoms with Gasteiger partial charge in [0, 0.05) is 33.5 Å². The number of para-hydroxylation sites is 1. The van der Waals surface area contributed by atoms with Gasteiger partial charge in [-0.25, -0.2) is 0 Å². The quantitative estimate of drug-likeness (QED) is 0.134. The molecular weight excluding hydrogens is 761 g/mol. The molecule has 0 saturated heterocycles. The fourth-order valence-corrected chi connectivity index (χ4v) is 10.3. The van der Waals surface area contributed by atoms with E-state index in [9.17, 15) is 0 Å². The number of anilines is 3. The number of unbranched alkanes of at least 4 members (excludes halogenated alkanes) is 1. The van der Waals surface area contributed by atoms with E-state index in [0.717, 1.165) is 23.5 Å². The molecule has 0 fully saturated rings. The molecule has 9 aromatic carbocycles. The van der Waals surface area contributed by atoms with Crippen LogP contribution in [0.5, 0.6) is 0 Å². The first kappa shape index (κ1) is 38.5. The normalized spacial score (nSPS) is 12.7. The highest BCUT2D eigenvalue weighted by Crippen LogP contribution is 2.56. The fraction of sp³-hybridized carbons (Fsp3) is 0.115. The molecule has 0 radical (unpaired) electrons. The van der Waals surface area contributed by atoms with Crippen molar-refractivity contribution < 1.29 is 0 Å². The van der Waals surface area contributed by atoms with Gasteiger partial charge in [-0.05, 0) is 143 Å². The van der Waals surface area contributed by atoms with Crippen molar-refractivity contribution in [2.24, 2.45) is 0 Å². The number of aromatic nitrogens is 1. The lowest BCUT2D eigenvalue weighted by atomic mass is 9.67. The van der Waals surface area contributed by atoms with Crippen LogP contribution in [-0.4, -0.2) is 4.57 Å². The van der Waals surface area contributed by atoms with Gasteiger partial charge in [0.25, 0.3) is 0 Å². The average Bonchev–Trinajstić information content (AvgIpc) is 3.82. The maximum absolute atomic E-state index is 2.42. The number of hydrogen-bond acceptors (Lipinski definition) is 1. The molecule has 0 bridgehead atoms. The van der Waals surface area contributed by atoms with E-state index < -0.39 is 5.41 Å². The summed E-state index contributed by atoms with van der Waals surface area (Å²) in [6, 6.07) is 79.3. The van der Waals surface area contributed by atoms with Crippen molar-refractivity contribution in [2.75, 3.05) is 4.90 Å². The van der Waals surface area contributed by atoms with Crippen molar-refractivity contribution in [3.8, 4) is 27.9 Å². The Balaban J connectivity index is 0.978. The second-order valence-corrected chi connectivity index (χ2v) is 17.3. The van der Waals surface area contributed by atoms with Crippen LogP contribution in [0.2, 0.25) is 0 Å². The molecule has 1 aliphatic rings. The van der Waals surface area contributed by atoms with Crippen LogP contribution in [0.4, 0.5) is 17.1 Å². The highest BCUT2D eigenvalue weighted by atomic mass is 15.1. The summed E-state index contributed by atoms with van der Waals surface area (Å²) < 4.78 is 2.42. The highest BCUT2D eigenvalue weighted by Gasteiger charge is 2.45. The smallest absolute Gasteiger partial charge is 0.0713 e. The zero-order valence-electron chi connectivity index (χ0n) is 36.2. The molecule has 10 aromatic rings. The standard InChI is InChI=1S/C61H50N2/c1-4-5-14-44-24-34-50(35-25-44)63-59-21-11-8-18-55(59)56-41-52(38-39-60(56)63)62(51-15-12-13-43(3)40-51)49-36-28-46(29-37-49)45-26-32-48(33-27-45)61(47-30-22-42(2)23-31-47)57-19-9-6-16-53(57)54-17-7-10-20-58(54)61/h6-13,15-41H,4-5,14H2,1-3H3. The second kappa shape index (κ2) is 15.8. The van der Waals surface area contributed by atoms with E-state index in [1.54, 1.807) is 0 Å². The molecule has 2 heteroatoms. The zero-order chi connectivity index (χ0) is 42.5. The lowest BCUT2D eigenvalue weighted by Crippen LogP contribution is -2.28. The first-order valence-electron chi connectivity index (χ1n) is 22.5. The molecule has 1 heterocycles. The minimum atomic E-state index is -0.413. The second-order valence-electron chi connectivity index (χ2n) is 17.3. The van der Waals surface area contributed by atoms with E-state index >= 15 is 0 Å². The summed E-state index contributed by atoms with van der Waals surface area (Å²) in [5.41, 5.74) is 20.7. The van der Waals surface area contributed by atoms with Crippen molar-refractivity contribution in [1.29, 1.82) is 0 Å². The third kappa shape index (κ3) is 6.48. The SMILES string of the molecule is CCCCc1ccc(-n2c3ccccc3c3cc(N(c4ccc(-c5ccc(C6(c7ccc(C)cc7)c7ccccc7-c7ccccc76)cc5)cc4)c4cccc(C)c4)ccc32)cc1. The Bertz CT molecular complexity index is 3210. The van der Waals surface area contributed by atoms with Gasteiger partial charge >= 0.3 is 0 Å². The number of rotatable bonds is 10. The molecule has 0 N–H and O–H groups in total. The van der Waals surface area contributed by atoms with Crippen LogP contribution in [0.1, 0.15) is 58.7 Å². The molecular formula is C61H50N2. The van der Waals surface area contributed by atoms with Crippen LogP contribution in [0.15, 0.2) is 212 Å². The first-order chi connectivity index (χ1) is 31.0. The van der Waals surface area contributed by atoms with Gasteiger partial charge in [-0.2, -0.15) is 0 Å². The predicted octanol–water partition coefficient (Wildman–Crippen LogP) is 16.2. The Hall–Kier alpha value is -7.42. The molecule has 0 amide bonds. The maximum Gasteiger partial charge on any atom is 0.0713 e. The summed E-state index contributed by atoms with van der Waals surface area (Å²) >= 11 is 0. The third-order valence-electron chi connectivity index (χ3n) is 13.4. The van der Waals surface area contributed by atoms with E-state index in [1.807, 2.05) is 0 Å². The van der Waals surface area contributed by atoms with E-state index in [1.165, 1.54) is 102 Å². The maximum atomic E-state index is 2.42. The summed E-state index contributed by atoms with van der Waals surface area (Å²) in [4.78, 5) is 2.40. The Kier molecular flexibility index (Phi) is 9.66. The summed E-state index contributed by atoms with van der Waals surface area (Å²) in [5.74, 6) is 0. The van der Waals surface area contributed by atoms with Crippen molar-refractivity contribution >= 4 is 38.9 Å². The van der Waals surface area contributed by atoms with Gasteiger partial charge in [0.15, 0.2) is 0 Å². The predicted molar refractivity (Wildman–Crippen MR) is 266 cm³/mol. The van der Waals surface area contributed by atoms with E-state index in [2.05, 4.69) is 243 Å². The fourth-order valence-electron chi connectivity index (χ4n) is 10.3. The molecule has 0 aliphatic heterocycles. The van der Waals surface area contributed by atoms with Gasteiger partial charge in [-0.15, -0.1) is 0 Å². The minimum absolute atomic E-state index is 0.413. The van der Waals surface area contributed by atoms with Crippen LogP contribution in [0.25, 0.3) is 49.7 Å². The molecule has 63 heavy (non-hydrogen) atoms. The van der Waals surface area contributed by atoms with Crippen LogP contribution in [0, 0.1) is 13.8 Å². The third-order valence-corrected chi connectivity index (χ3v) is 13.4. The monoisotopic (exact) mass is 810 g/mol. The van der Waals surface area contributed by atoms with E-state index in [0.29, 0.717) is 0 Å². The highest BCUT2D eigenvalue weighted by molar-refractivity contribution is 6.10. The molecule has 0 saturated carbocycles. The number of nitrogens with zero attached hydrogens (tertiary/aromatic N) is 2. The Labute approximate surface area is 371 Å². The summed E-state index contributed by atoms with van der Waals surface area (Å²) in [7, 11) is 0. The van der Waals surface area contributed by atoms with Crippen molar-refractivity contribution in [3.63, 3.8) is 0 Å². The van der Waals surface area contributed by atoms with Crippen molar-refractivity contribution in [2.45, 2.75) is 45.4 Å². The molecule has 0 atom stereocenters. The summed E-state index contributed by atoms with van der Waals surface area (Å²) in [6.45, 7) is 6.59. The summed E-state index contributed by atoms with van der Waals surface area (Å²) in [6.07, 6.45) is 3.54. The van der Waals surface area contributed by atoms with Crippen molar-refractivity contribution in [1.82, 2.24) is 4.57 Å². The summed E-state index contributed by atoms with van der Waals surface area (Å²) in [5, 5.41) is 2.49. The van der Waals surface area contributed by atoms with Gasteiger partial charge in [0.05, 0.1) is 16.4 Å². The molecule has 1 aliphatic carbocycles. The Morgan fingerprint density at radius 2 is 1.02 bits per heavy atom. The topological polar surface area (TPSA) is 8.17 Å². The number of benzene rings is 9. The van der Waals surface area contributed by atoms with E-state index in [4.69, 9.17) is 0 Å². The van der Waals surface area contributed by atoms with Crippen LogP contribution < -0.4 is 4.90 Å². The molecule has 11 rings (SSSR count). The largest absolute Gasteiger partial charge is 0.310 e.